The van der Waals surface area contributed by atoms with Crippen molar-refractivity contribution in [2.24, 2.45) is 5.41 Å². The third kappa shape index (κ3) is 5.11. The van der Waals surface area contributed by atoms with Crippen molar-refractivity contribution >= 4 is 23.6 Å². The van der Waals surface area contributed by atoms with Crippen molar-refractivity contribution in [3.8, 4) is 0 Å². The van der Waals surface area contributed by atoms with Crippen molar-refractivity contribution < 1.29 is 9.90 Å². The van der Waals surface area contributed by atoms with Gasteiger partial charge in [0.1, 0.15) is 5.15 Å². The highest BCUT2D eigenvalue weighted by Gasteiger charge is 2.31. The highest BCUT2D eigenvalue weighted by atomic mass is 35.5. The summed E-state index contributed by atoms with van der Waals surface area (Å²) in [5.74, 6) is -0.113. The van der Waals surface area contributed by atoms with Gasteiger partial charge in [-0.2, -0.15) is 0 Å². The lowest BCUT2D eigenvalue weighted by atomic mass is 9.72. The molecule has 2 N–H and O–H groups in total. The predicted octanol–water partition coefficient (Wildman–Crippen LogP) is 3.20. The van der Waals surface area contributed by atoms with Crippen LogP contribution < -0.4 is 5.32 Å². The molecule has 120 valence electrons. The molecule has 0 unspecified atom stereocenters. The topological polar surface area (TPSA) is 62.2 Å². The number of pyridine rings is 1. The van der Waals surface area contributed by atoms with Crippen molar-refractivity contribution in [3.05, 3.63) is 35.1 Å². The van der Waals surface area contributed by atoms with Gasteiger partial charge in [0.25, 0.3) is 0 Å². The molecule has 0 atom stereocenters. The van der Waals surface area contributed by atoms with Crippen LogP contribution in [0.4, 0.5) is 0 Å². The molecule has 1 aliphatic rings. The van der Waals surface area contributed by atoms with Crippen molar-refractivity contribution in [2.75, 3.05) is 13.2 Å². The number of halogens is 1. The molecule has 5 heteroatoms. The second kappa shape index (κ2) is 8.30. The van der Waals surface area contributed by atoms with Crippen LogP contribution in [0, 0.1) is 5.41 Å². The second-order valence-corrected chi connectivity index (χ2v) is 6.39. The summed E-state index contributed by atoms with van der Waals surface area (Å²) >= 11 is 5.72. The van der Waals surface area contributed by atoms with E-state index in [-0.39, 0.29) is 17.9 Å². The van der Waals surface area contributed by atoms with E-state index >= 15 is 0 Å². The lowest BCUT2D eigenvalue weighted by molar-refractivity contribution is -0.117. The second-order valence-electron chi connectivity index (χ2n) is 6.00. The summed E-state index contributed by atoms with van der Waals surface area (Å²) in [5.41, 5.74) is 0.903. The van der Waals surface area contributed by atoms with Gasteiger partial charge in [-0.15, -0.1) is 0 Å². The lowest BCUT2D eigenvalue weighted by Gasteiger charge is -2.37. The van der Waals surface area contributed by atoms with Gasteiger partial charge in [0.2, 0.25) is 5.91 Å². The molecule has 0 aliphatic heterocycles. The highest BCUT2D eigenvalue weighted by Crippen LogP contribution is 2.38. The molecule has 0 aromatic carbocycles. The van der Waals surface area contributed by atoms with Crippen molar-refractivity contribution in [3.63, 3.8) is 0 Å². The van der Waals surface area contributed by atoms with Crippen LogP contribution in [0.25, 0.3) is 6.08 Å². The van der Waals surface area contributed by atoms with E-state index in [9.17, 15) is 9.90 Å². The molecule has 0 saturated heterocycles. The fourth-order valence-electron chi connectivity index (χ4n) is 3.05. The Hall–Kier alpha value is -1.39. The first-order valence-corrected chi connectivity index (χ1v) is 8.20. The van der Waals surface area contributed by atoms with E-state index in [2.05, 4.69) is 10.3 Å². The number of nitrogens with zero attached hydrogens (tertiary/aromatic N) is 1. The maximum absolute atomic E-state index is 12.0. The summed E-state index contributed by atoms with van der Waals surface area (Å²) in [4.78, 5) is 15.9. The molecule has 1 amide bonds. The number of nitrogens with one attached hydrogen (secondary N) is 1. The number of carbonyl (C=O) groups is 1. The average Bonchev–Trinajstić information content (AvgIpc) is 2.54. The minimum absolute atomic E-state index is 0.0678. The zero-order valence-electron chi connectivity index (χ0n) is 12.7. The maximum atomic E-state index is 12.0. The third-order valence-electron chi connectivity index (χ3n) is 4.37. The summed E-state index contributed by atoms with van der Waals surface area (Å²) < 4.78 is 0. The molecule has 1 aromatic heterocycles. The Labute approximate surface area is 136 Å². The Balaban J connectivity index is 1.86. The quantitative estimate of drug-likeness (QED) is 0.624. The van der Waals surface area contributed by atoms with Gasteiger partial charge in [-0.05, 0) is 42.4 Å². The molecule has 1 fully saturated rings. The molecule has 0 bridgehead atoms. The Bertz CT molecular complexity index is 502. The van der Waals surface area contributed by atoms with Crippen LogP contribution in [0.15, 0.2) is 24.4 Å². The van der Waals surface area contributed by atoms with Crippen molar-refractivity contribution in [1.82, 2.24) is 10.3 Å². The lowest BCUT2D eigenvalue weighted by Crippen LogP contribution is -2.39. The first kappa shape index (κ1) is 17.0. The monoisotopic (exact) mass is 322 g/mol. The van der Waals surface area contributed by atoms with Gasteiger partial charge >= 0.3 is 0 Å². The molecule has 1 heterocycles. The van der Waals surface area contributed by atoms with Crippen LogP contribution in [0.3, 0.4) is 0 Å². The molecule has 4 nitrogen and oxygen atoms in total. The highest BCUT2D eigenvalue weighted by molar-refractivity contribution is 6.29. The number of carbonyl (C=O) groups excluding carboxylic acids is 1. The molecule has 1 saturated carbocycles. The van der Waals surface area contributed by atoms with E-state index in [1.807, 2.05) is 6.07 Å². The first-order valence-electron chi connectivity index (χ1n) is 7.82. The number of aromatic nitrogens is 1. The Morgan fingerprint density at radius 1 is 1.36 bits per heavy atom. The summed E-state index contributed by atoms with van der Waals surface area (Å²) in [7, 11) is 0. The SMILES string of the molecule is O=C(/C=C/c1ccc(Cl)nc1)NCC1(CCO)CCCCC1. The smallest absolute Gasteiger partial charge is 0.244 e. The third-order valence-corrected chi connectivity index (χ3v) is 4.59. The molecule has 2 rings (SSSR count). The number of amides is 1. The first-order chi connectivity index (χ1) is 10.6. The summed E-state index contributed by atoms with van der Waals surface area (Å²) in [6.07, 6.45) is 11.4. The number of hydrogen-bond donors (Lipinski definition) is 2. The maximum Gasteiger partial charge on any atom is 0.244 e. The predicted molar refractivity (Wildman–Crippen MR) is 88.5 cm³/mol. The number of hydrogen-bond acceptors (Lipinski definition) is 3. The van der Waals surface area contributed by atoms with E-state index in [1.54, 1.807) is 18.3 Å². The van der Waals surface area contributed by atoms with E-state index in [0.717, 1.165) is 24.8 Å². The fraction of sp³-hybridized carbons (Fsp3) is 0.529. The van der Waals surface area contributed by atoms with Gasteiger partial charge in [0.05, 0.1) is 0 Å². The molecule has 1 aromatic rings. The molecule has 0 spiro atoms. The van der Waals surface area contributed by atoms with Crippen LogP contribution in [0.5, 0.6) is 0 Å². The summed E-state index contributed by atoms with van der Waals surface area (Å²) in [6.45, 7) is 0.817. The van der Waals surface area contributed by atoms with Crippen LogP contribution in [0.1, 0.15) is 44.1 Å². The fourth-order valence-corrected chi connectivity index (χ4v) is 3.16. The Morgan fingerprint density at radius 2 is 2.14 bits per heavy atom. The van der Waals surface area contributed by atoms with E-state index in [0.29, 0.717) is 11.7 Å². The Kier molecular flexibility index (Phi) is 6.40. The zero-order valence-corrected chi connectivity index (χ0v) is 13.5. The van der Waals surface area contributed by atoms with Crippen LogP contribution >= 0.6 is 11.6 Å². The normalized spacial score (nSPS) is 17.5. The number of aliphatic hydroxyl groups is 1. The summed E-state index contributed by atoms with van der Waals surface area (Å²) in [6, 6.07) is 3.50. The van der Waals surface area contributed by atoms with Crippen molar-refractivity contribution in [2.45, 2.75) is 38.5 Å². The molecular weight excluding hydrogens is 300 g/mol. The molecule has 1 aliphatic carbocycles. The van der Waals surface area contributed by atoms with Gasteiger partial charge in [0.15, 0.2) is 0 Å². The van der Waals surface area contributed by atoms with Crippen molar-refractivity contribution in [1.29, 1.82) is 0 Å². The minimum Gasteiger partial charge on any atom is -0.396 e. The molecular formula is C17H23ClN2O2. The van der Waals surface area contributed by atoms with E-state index in [4.69, 9.17) is 11.6 Å². The van der Waals surface area contributed by atoms with E-state index < -0.39 is 0 Å². The van der Waals surface area contributed by atoms with Gasteiger partial charge in [-0.25, -0.2) is 4.98 Å². The molecule has 0 radical (unpaired) electrons. The Morgan fingerprint density at radius 3 is 2.77 bits per heavy atom. The minimum atomic E-state index is -0.113. The van der Waals surface area contributed by atoms with E-state index in [1.165, 1.54) is 25.3 Å². The van der Waals surface area contributed by atoms with Gasteiger partial charge < -0.3 is 10.4 Å². The average molecular weight is 323 g/mol. The van der Waals surface area contributed by atoms with Gasteiger partial charge in [-0.1, -0.05) is 36.9 Å². The van der Waals surface area contributed by atoms with Crippen LogP contribution in [-0.2, 0) is 4.79 Å². The van der Waals surface area contributed by atoms with Crippen LogP contribution in [0.2, 0.25) is 5.15 Å². The van der Waals surface area contributed by atoms with Gasteiger partial charge in [0, 0.05) is 25.4 Å². The summed E-state index contributed by atoms with van der Waals surface area (Å²) in [5, 5.41) is 12.7. The molecule has 22 heavy (non-hydrogen) atoms. The number of rotatable bonds is 6. The zero-order chi connectivity index (χ0) is 15.8. The van der Waals surface area contributed by atoms with Gasteiger partial charge in [-0.3, -0.25) is 4.79 Å². The van der Waals surface area contributed by atoms with Crippen LogP contribution in [-0.4, -0.2) is 29.1 Å². The number of aliphatic hydroxyl groups excluding tert-OH is 1. The standard InChI is InChI=1S/C17H23ClN2O2/c18-15-6-4-14(12-19-15)5-7-16(22)20-13-17(10-11-21)8-2-1-3-9-17/h4-7,12,21H,1-3,8-11,13H2,(H,20,22)/b7-5+. The largest absolute Gasteiger partial charge is 0.396 e.